The zero-order valence-corrected chi connectivity index (χ0v) is 13.1. The van der Waals surface area contributed by atoms with Crippen molar-refractivity contribution in [2.24, 2.45) is 0 Å². The average Bonchev–Trinajstić information content (AvgIpc) is 2.95. The zero-order chi connectivity index (χ0) is 15.4. The van der Waals surface area contributed by atoms with Crippen LogP contribution in [0.4, 0.5) is 0 Å². The first-order chi connectivity index (χ1) is 10.7. The van der Waals surface area contributed by atoms with E-state index >= 15 is 0 Å². The summed E-state index contributed by atoms with van der Waals surface area (Å²) in [5.41, 5.74) is 0. The minimum absolute atomic E-state index is 0.00365. The molecule has 0 bridgehead atoms. The fourth-order valence-electron chi connectivity index (χ4n) is 2.59. The standard InChI is InChI=1S/C16H20ClNO4/c17-12-3-1-4-13(7-12)22-15-8-18(9-15)16(19)11-20-10-14-5-2-6-21-14/h1,3-4,7,14-15H,2,5-6,8-11H2/t14-/m1/s1. The Morgan fingerprint density at radius 3 is 3.00 bits per heavy atom. The second kappa shape index (κ2) is 7.31. The van der Waals surface area contributed by atoms with Gasteiger partial charge in [0.15, 0.2) is 0 Å². The first-order valence-electron chi connectivity index (χ1n) is 7.60. The predicted molar refractivity (Wildman–Crippen MR) is 82.2 cm³/mol. The molecule has 0 aromatic heterocycles. The van der Waals surface area contributed by atoms with Crippen LogP contribution in [-0.4, -0.2) is 55.9 Å². The van der Waals surface area contributed by atoms with E-state index in [4.69, 9.17) is 25.8 Å². The number of nitrogens with zero attached hydrogens (tertiary/aromatic N) is 1. The van der Waals surface area contributed by atoms with E-state index in [-0.39, 0.29) is 24.7 Å². The van der Waals surface area contributed by atoms with Gasteiger partial charge in [0.05, 0.1) is 25.8 Å². The van der Waals surface area contributed by atoms with E-state index < -0.39 is 0 Å². The van der Waals surface area contributed by atoms with Gasteiger partial charge in [-0.2, -0.15) is 0 Å². The van der Waals surface area contributed by atoms with Crippen LogP contribution >= 0.6 is 11.6 Å². The van der Waals surface area contributed by atoms with E-state index in [0.29, 0.717) is 24.7 Å². The quantitative estimate of drug-likeness (QED) is 0.804. The van der Waals surface area contributed by atoms with Crippen molar-refractivity contribution in [2.45, 2.75) is 25.0 Å². The summed E-state index contributed by atoms with van der Waals surface area (Å²) in [5.74, 6) is 0.739. The van der Waals surface area contributed by atoms with E-state index in [9.17, 15) is 4.79 Å². The second-order valence-electron chi connectivity index (χ2n) is 5.65. The minimum Gasteiger partial charge on any atom is -0.487 e. The summed E-state index contributed by atoms with van der Waals surface area (Å²) in [6.07, 6.45) is 2.29. The van der Waals surface area contributed by atoms with Crippen molar-refractivity contribution in [2.75, 3.05) is 32.9 Å². The van der Waals surface area contributed by atoms with Crippen molar-refractivity contribution in [1.82, 2.24) is 4.90 Å². The molecule has 0 spiro atoms. The highest BCUT2D eigenvalue weighted by Gasteiger charge is 2.32. The first-order valence-corrected chi connectivity index (χ1v) is 7.98. The SMILES string of the molecule is O=C(COC[C@H]1CCCO1)N1CC(Oc2cccc(Cl)c2)C1. The van der Waals surface area contributed by atoms with Gasteiger partial charge in [-0.15, -0.1) is 0 Å². The molecular formula is C16H20ClNO4. The third kappa shape index (κ3) is 4.12. The second-order valence-corrected chi connectivity index (χ2v) is 6.08. The van der Waals surface area contributed by atoms with E-state index in [2.05, 4.69) is 0 Å². The molecule has 1 aromatic rings. The Balaban J connectivity index is 1.33. The Bertz CT molecular complexity index is 513. The number of likely N-dealkylation sites (tertiary alicyclic amines) is 1. The van der Waals surface area contributed by atoms with E-state index in [1.807, 2.05) is 12.1 Å². The third-order valence-corrected chi connectivity index (χ3v) is 4.09. The maximum absolute atomic E-state index is 11.9. The lowest BCUT2D eigenvalue weighted by atomic mass is 10.1. The fourth-order valence-corrected chi connectivity index (χ4v) is 2.77. The molecular weight excluding hydrogens is 306 g/mol. The topological polar surface area (TPSA) is 48.0 Å². The maximum atomic E-state index is 11.9. The predicted octanol–water partition coefficient (Wildman–Crippen LogP) is 2.13. The lowest BCUT2D eigenvalue weighted by Crippen LogP contribution is -2.57. The number of amides is 1. The summed E-state index contributed by atoms with van der Waals surface area (Å²) in [6.45, 7) is 2.60. The normalized spacial score (nSPS) is 21.7. The van der Waals surface area contributed by atoms with Crippen LogP contribution in [-0.2, 0) is 14.3 Å². The van der Waals surface area contributed by atoms with Gasteiger partial charge in [0, 0.05) is 11.6 Å². The van der Waals surface area contributed by atoms with Crippen molar-refractivity contribution < 1.29 is 19.0 Å². The van der Waals surface area contributed by atoms with Crippen LogP contribution in [0, 0.1) is 0 Å². The van der Waals surface area contributed by atoms with Gasteiger partial charge in [-0.1, -0.05) is 17.7 Å². The van der Waals surface area contributed by atoms with Crippen molar-refractivity contribution in [3.63, 3.8) is 0 Å². The number of carbonyl (C=O) groups excluding carboxylic acids is 1. The maximum Gasteiger partial charge on any atom is 0.248 e. The Morgan fingerprint density at radius 2 is 2.27 bits per heavy atom. The van der Waals surface area contributed by atoms with Crippen LogP contribution in [0.1, 0.15) is 12.8 Å². The van der Waals surface area contributed by atoms with Crippen molar-refractivity contribution in [3.05, 3.63) is 29.3 Å². The van der Waals surface area contributed by atoms with Gasteiger partial charge in [0.1, 0.15) is 18.5 Å². The smallest absolute Gasteiger partial charge is 0.248 e. The number of halogens is 1. The molecule has 0 saturated carbocycles. The lowest BCUT2D eigenvalue weighted by molar-refractivity contribution is -0.146. The molecule has 2 fully saturated rings. The van der Waals surface area contributed by atoms with Crippen LogP contribution in [0.2, 0.25) is 5.02 Å². The van der Waals surface area contributed by atoms with E-state index in [1.54, 1.807) is 17.0 Å². The van der Waals surface area contributed by atoms with E-state index in [0.717, 1.165) is 25.2 Å². The summed E-state index contributed by atoms with van der Waals surface area (Å²) in [7, 11) is 0. The monoisotopic (exact) mass is 325 g/mol. The summed E-state index contributed by atoms with van der Waals surface area (Å²) in [4.78, 5) is 13.7. The summed E-state index contributed by atoms with van der Waals surface area (Å²) in [5, 5.41) is 0.646. The number of hydrogen-bond acceptors (Lipinski definition) is 4. The minimum atomic E-state index is 0.00365. The molecule has 6 heteroatoms. The Labute approximate surface area is 135 Å². The molecule has 0 N–H and O–H groups in total. The molecule has 0 aliphatic carbocycles. The van der Waals surface area contributed by atoms with Crippen molar-refractivity contribution in [3.8, 4) is 5.75 Å². The number of ether oxygens (including phenoxy) is 3. The van der Waals surface area contributed by atoms with Gasteiger partial charge in [0.25, 0.3) is 0 Å². The molecule has 1 atom stereocenters. The lowest BCUT2D eigenvalue weighted by Gasteiger charge is -2.38. The van der Waals surface area contributed by atoms with Crippen molar-refractivity contribution in [1.29, 1.82) is 0 Å². The molecule has 0 unspecified atom stereocenters. The van der Waals surface area contributed by atoms with Gasteiger partial charge < -0.3 is 19.1 Å². The number of benzene rings is 1. The fraction of sp³-hybridized carbons (Fsp3) is 0.562. The Kier molecular flexibility index (Phi) is 5.18. The van der Waals surface area contributed by atoms with Gasteiger partial charge in [-0.25, -0.2) is 0 Å². The highest BCUT2D eigenvalue weighted by Crippen LogP contribution is 2.21. The summed E-state index contributed by atoms with van der Waals surface area (Å²) < 4.78 is 16.6. The molecule has 120 valence electrons. The van der Waals surface area contributed by atoms with Gasteiger partial charge >= 0.3 is 0 Å². The molecule has 1 amide bonds. The van der Waals surface area contributed by atoms with Gasteiger partial charge in [-0.3, -0.25) is 4.79 Å². The van der Waals surface area contributed by atoms with Crippen LogP contribution in [0.15, 0.2) is 24.3 Å². The number of hydrogen-bond donors (Lipinski definition) is 0. The molecule has 3 rings (SSSR count). The van der Waals surface area contributed by atoms with Gasteiger partial charge in [-0.05, 0) is 31.0 Å². The first kappa shape index (κ1) is 15.6. The zero-order valence-electron chi connectivity index (χ0n) is 12.4. The van der Waals surface area contributed by atoms with Crippen LogP contribution in [0.5, 0.6) is 5.75 Å². The molecule has 2 aliphatic heterocycles. The molecule has 2 heterocycles. The summed E-state index contributed by atoms with van der Waals surface area (Å²) >= 11 is 5.91. The number of rotatable bonds is 6. The third-order valence-electron chi connectivity index (χ3n) is 3.85. The molecule has 0 radical (unpaired) electrons. The molecule has 2 saturated heterocycles. The average molecular weight is 326 g/mol. The van der Waals surface area contributed by atoms with E-state index in [1.165, 1.54) is 0 Å². The van der Waals surface area contributed by atoms with Crippen molar-refractivity contribution >= 4 is 17.5 Å². The van der Waals surface area contributed by atoms with Crippen LogP contribution in [0.25, 0.3) is 0 Å². The van der Waals surface area contributed by atoms with Gasteiger partial charge in [0.2, 0.25) is 5.91 Å². The van der Waals surface area contributed by atoms with Crippen LogP contribution in [0.3, 0.4) is 0 Å². The Hall–Kier alpha value is -1.30. The number of carbonyl (C=O) groups is 1. The van der Waals surface area contributed by atoms with Crippen LogP contribution < -0.4 is 4.74 Å². The molecule has 5 nitrogen and oxygen atoms in total. The summed E-state index contributed by atoms with van der Waals surface area (Å²) in [6, 6.07) is 7.28. The largest absolute Gasteiger partial charge is 0.487 e. The molecule has 2 aliphatic rings. The highest BCUT2D eigenvalue weighted by molar-refractivity contribution is 6.30. The molecule has 22 heavy (non-hydrogen) atoms. The molecule has 1 aromatic carbocycles. The Morgan fingerprint density at radius 1 is 1.41 bits per heavy atom. The highest BCUT2D eigenvalue weighted by atomic mass is 35.5.